The lowest BCUT2D eigenvalue weighted by Gasteiger charge is -2.30. The molecule has 37 heavy (non-hydrogen) atoms. The largest absolute Gasteiger partial charge is 0.383 e. The molecular formula is C27H26N8O2. The molecule has 3 aromatic heterocycles. The highest BCUT2D eigenvalue weighted by Gasteiger charge is 2.27. The van der Waals surface area contributed by atoms with E-state index in [1.165, 1.54) is 6.33 Å². The van der Waals surface area contributed by atoms with Crippen LogP contribution < -0.4 is 11.1 Å². The number of likely N-dealkylation sites (tertiary alicyclic amines) is 1. The van der Waals surface area contributed by atoms with Crippen LogP contribution >= 0.6 is 0 Å². The Labute approximate surface area is 213 Å². The summed E-state index contributed by atoms with van der Waals surface area (Å²) in [5, 5.41) is 8.38. The summed E-state index contributed by atoms with van der Waals surface area (Å²) in [4.78, 5) is 39.5. The van der Waals surface area contributed by atoms with Gasteiger partial charge in [0.1, 0.15) is 23.7 Å². The minimum absolute atomic E-state index is 0.0519. The van der Waals surface area contributed by atoms with Gasteiger partial charge in [0, 0.05) is 30.4 Å². The maximum atomic E-state index is 12.7. The fourth-order valence-corrected chi connectivity index (χ4v) is 4.52. The standard InChI is InChI=1S/C27H26N8O2/c1-3-4-22(36)34-13-10-20(11-14-34)35-26-23(25(28)30-16-31-26)24(33-35)18-5-7-19(8-6-18)27(37)32-21-15-17(2)9-12-29-21/h5-9,12,15-16,20H,10-11,13-14H2,1-2H3,(H2,28,30,31)(H,29,32,37). The Balaban J connectivity index is 1.41. The van der Waals surface area contributed by atoms with E-state index in [9.17, 15) is 9.59 Å². The third-order valence-electron chi connectivity index (χ3n) is 6.43. The van der Waals surface area contributed by atoms with Crippen LogP contribution in [0, 0.1) is 18.8 Å². The third-order valence-corrected chi connectivity index (χ3v) is 6.43. The number of benzene rings is 1. The van der Waals surface area contributed by atoms with E-state index in [-0.39, 0.29) is 17.9 Å². The molecule has 1 saturated heterocycles. The van der Waals surface area contributed by atoms with Crippen molar-refractivity contribution < 1.29 is 9.59 Å². The normalized spacial score (nSPS) is 13.7. The first-order valence-corrected chi connectivity index (χ1v) is 12.0. The molecule has 2 amide bonds. The fourth-order valence-electron chi connectivity index (χ4n) is 4.52. The van der Waals surface area contributed by atoms with E-state index in [0.717, 1.165) is 24.0 Å². The highest BCUT2D eigenvalue weighted by Crippen LogP contribution is 2.34. The summed E-state index contributed by atoms with van der Waals surface area (Å²) in [7, 11) is 0. The molecule has 0 spiro atoms. The number of pyridine rings is 1. The number of nitrogens with two attached hydrogens (primary N) is 1. The number of amides is 2. The average molecular weight is 495 g/mol. The Kier molecular flexibility index (Phi) is 6.51. The fraction of sp³-hybridized carbons (Fsp3) is 0.259. The first-order chi connectivity index (χ1) is 17.9. The number of nitrogens with one attached hydrogen (secondary N) is 1. The van der Waals surface area contributed by atoms with Crippen LogP contribution in [0.25, 0.3) is 22.3 Å². The second kappa shape index (κ2) is 10.1. The SMILES string of the molecule is CC#CC(=O)N1CCC(n2nc(-c3ccc(C(=O)Nc4cc(C)ccn4)cc3)c3c(N)ncnc32)CC1. The summed E-state index contributed by atoms with van der Waals surface area (Å²) in [5.74, 6) is 5.70. The topological polar surface area (TPSA) is 132 Å². The van der Waals surface area contributed by atoms with Gasteiger partial charge in [0.05, 0.1) is 11.4 Å². The first kappa shape index (κ1) is 23.9. The van der Waals surface area contributed by atoms with Gasteiger partial charge in [-0.3, -0.25) is 9.59 Å². The van der Waals surface area contributed by atoms with Crippen molar-refractivity contribution in [1.82, 2.24) is 29.6 Å². The van der Waals surface area contributed by atoms with Gasteiger partial charge in [0.15, 0.2) is 5.65 Å². The van der Waals surface area contributed by atoms with Gasteiger partial charge in [-0.05, 0) is 62.4 Å². The molecule has 1 aliphatic rings. The van der Waals surface area contributed by atoms with Crippen molar-refractivity contribution in [2.45, 2.75) is 32.7 Å². The first-order valence-electron chi connectivity index (χ1n) is 12.0. The van der Waals surface area contributed by atoms with E-state index in [1.807, 2.05) is 35.9 Å². The molecule has 0 unspecified atom stereocenters. The number of nitrogen functional groups attached to an aromatic ring is 1. The maximum Gasteiger partial charge on any atom is 0.298 e. The van der Waals surface area contributed by atoms with E-state index < -0.39 is 0 Å². The number of aryl methyl sites for hydroxylation is 1. The molecule has 0 aliphatic carbocycles. The van der Waals surface area contributed by atoms with Gasteiger partial charge in [-0.2, -0.15) is 5.10 Å². The third kappa shape index (κ3) is 4.84. The predicted molar refractivity (Wildman–Crippen MR) is 140 cm³/mol. The molecular weight excluding hydrogens is 468 g/mol. The molecule has 1 aliphatic heterocycles. The van der Waals surface area contributed by atoms with Gasteiger partial charge in [-0.25, -0.2) is 19.6 Å². The number of hydrogen-bond donors (Lipinski definition) is 2. The van der Waals surface area contributed by atoms with E-state index in [2.05, 4.69) is 32.1 Å². The van der Waals surface area contributed by atoms with Crippen molar-refractivity contribution in [2.24, 2.45) is 0 Å². The Morgan fingerprint density at radius 1 is 1.08 bits per heavy atom. The van der Waals surface area contributed by atoms with E-state index in [1.54, 1.807) is 30.2 Å². The summed E-state index contributed by atoms with van der Waals surface area (Å²) in [5.41, 5.74) is 9.85. The van der Waals surface area contributed by atoms with Crippen LogP contribution in [0.3, 0.4) is 0 Å². The van der Waals surface area contributed by atoms with Crippen LogP contribution in [0.1, 0.15) is 41.7 Å². The summed E-state index contributed by atoms with van der Waals surface area (Å²) in [6, 6.07) is 10.9. The number of hydrogen-bond acceptors (Lipinski definition) is 7. The highest BCUT2D eigenvalue weighted by atomic mass is 16.2. The van der Waals surface area contributed by atoms with Crippen molar-refractivity contribution >= 4 is 34.5 Å². The molecule has 4 aromatic rings. The lowest BCUT2D eigenvalue weighted by molar-refractivity contribution is -0.126. The molecule has 10 nitrogen and oxygen atoms in total. The number of nitrogens with zero attached hydrogens (tertiary/aromatic N) is 6. The molecule has 3 N–H and O–H groups in total. The summed E-state index contributed by atoms with van der Waals surface area (Å²) in [6.07, 6.45) is 4.54. The van der Waals surface area contributed by atoms with Gasteiger partial charge in [0.25, 0.3) is 11.8 Å². The van der Waals surface area contributed by atoms with Crippen LogP contribution in [0.2, 0.25) is 0 Å². The van der Waals surface area contributed by atoms with Crippen LogP contribution in [-0.2, 0) is 4.79 Å². The molecule has 5 rings (SSSR count). The molecule has 1 aromatic carbocycles. The monoisotopic (exact) mass is 494 g/mol. The maximum absolute atomic E-state index is 12.7. The summed E-state index contributed by atoms with van der Waals surface area (Å²) >= 11 is 0. The average Bonchev–Trinajstić information content (AvgIpc) is 3.30. The molecule has 10 heteroatoms. The summed E-state index contributed by atoms with van der Waals surface area (Å²) < 4.78 is 1.89. The number of fused-ring (bicyclic) bond motifs is 1. The van der Waals surface area contributed by atoms with Crippen molar-refractivity contribution in [3.8, 4) is 23.1 Å². The zero-order valence-electron chi connectivity index (χ0n) is 20.6. The number of carbonyl (C=O) groups excluding carboxylic acids is 2. The molecule has 4 heterocycles. The highest BCUT2D eigenvalue weighted by molar-refractivity contribution is 6.04. The second-order valence-corrected chi connectivity index (χ2v) is 8.90. The van der Waals surface area contributed by atoms with Crippen LogP contribution in [0.4, 0.5) is 11.6 Å². The second-order valence-electron chi connectivity index (χ2n) is 8.90. The van der Waals surface area contributed by atoms with E-state index in [4.69, 9.17) is 10.8 Å². The number of rotatable bonds is 4. The van der Waals surface area contributed by atoms with Crippen molar-refractivity contribution in [1.29, 1.82) is 0 Å². The van der Waals surface area contributed by atoms with Crippen LogP contribution in [0.5, 0.6) is 0 Å². The molecule has 0 bridgehead atoms. The minimum Gasteiger partial charge on any atom is -0.383 e. The van der Waals surface area contributed by atoms with Crippen molar-refractivity contribution in [2.75, 3.05) is 24.1 Å². The Morgan fingerprint density at radius 2 is 1.84 bits per heavy atom. The number of anilines is 2. The molecule has 186 valence electrons. The smallest absolute Gasteiger partial charge is 0.298 e. The van der Waals surface area contributed by atoms with Crippen LogP contribution in [0.15, 0.2) is 48.9 Å². The molecule has 0 saturated carbocycles. The van der Waals surface area contributed by atoms with E-state index in [0.29, 0.717) is 47.0 Å². The van der Waals surface area contributed by atoms with Gasteiger partial charge in [0.2, 0.25) is 0 Å². The Morgan fingerprint density at radius 3 is 2.54 bits per heavy atom. The van der Waals surface area contributed by atoms with Gasteiger partial charge >= 0.3 is 0 Å². The minimum atomic E-state index is -0.253. The van der Waals surface area contributed by atoms with Gasteiger partial charge in [-0.15, -0.1) is 0 Å². The lowest BCUT2D eigenvalue weighted by atomic mass is 10.0. The molecule has 0 atom stereocenters. The Hall–Kier alpha value is -4.78. The number of carbonyl (C=O) groups is 2. The number of aromatic nitrogens is 5. The number of piperidine rings is 1. The summed E-state index contributed by atoms with van der Waals surface area (Å²) in [6.45, 7) is 4.78. The lowest BCUT2D eigenvalue weighted by Crippen LogP contribution is -2.38. The Bertz CT molecular complexity index is 1540. The zero-order valence-corrected chi connectivity index (χ0v) is 20.6. The quantitative estimate of drug-likeness (QED) is 0.416. The predicted octanol–water partition coefficient (Wildman–Crippen LogP) is 3.22. The van der Waals surface area contributed by atoms with Crippen LogP contribution in [-0.4, -0.2) is 54.5 Å². The van der Waals surface area contributed by atoms with Crippen molar-refractivity contribution in [3.63, 3.8) is 0 Å². The van der Waals surface area contributed by atoms with Crippen molar-refractivity contribution in [3.05, 3.63) is 60.0 Å². The van der Waals surface area contributed by atoms with Gasteiger partial charge in [-0.1, -0.05) is 18.1 Å². The molecule has 0 radical (unpaired) electrons. The zero-order chi connectivity index (χ0) is 25.9. The molecule has 1 fully saturated rings. The van der Waals surface area contributed by atoms with E-state index >= 15 is 0 Å². The van der Waals surface area contributed by atoms with Gasteiger partial charge < -0.3 is 16.0 Å².